The number of nitrogens with zero attached hydrogens (tertiary/aromatic N) is 6. The van der Waals surface area contributed by atoms with Gasteiger partial charge in [0.25, 0.3) is 5.56 Å². The predicted octanol–water partition coefficient (Wildman–Crippen LogP) is 0.881. The van der Waals surface area contributed by atoms with E-state index in [0.717, 1.165) is 23.1 Å². The molecule has 1 aromatic carbocycles. The number of anilines is 1. The molecule has 2 N–H and O–H groups in total. The number of rotatable bonds is 10. The van der Waals surface area contributed by atoms with E-state index in [9.17, 15) is 14.7 Å². The first kappa shape index (κ1) is 23.3. The van der Waals surface area contributed by atoms with Crippen molar-refractivity contribution in [3.63, 3.8) is 0 Å². The van der Waals surface area contributed by atoms with Crippen molar-refractivity contribution in [2.45, 2.75) is 32.5 Å². The van der Waals surface area contributed by atoms with Crippen molar-refractivity contribution in [3.05, 3.63) is 69.4 Å². The summed E-state index contributed by atoms with van der Waals surface area (Å²) in [5, 5.41) is 14.0. The standard InChI is InChI=1S/C23H29N7O4/c1-16-7-4-5-8-18(16)34-14-17(31)13-30-19-20(27(2)23(33)28(3)21(19)32)26-22(30)25-9-6-11-29-12-10-24-15-29/h4-5,7-8,10,12,15,17,31H,6,9,11,13-14H2,1-3H3,(H,25,26)/t17-/m1/s1. The summed E-state index contributed by atoms with van der Waals surface area (Å²) in [5.74, 6) is 1.10. The Morgan fingerprint density at radius 1 is 1.18 bits per heavy atom. The normalized spacial score (nSPS) is 12.2. The van der Waals surface area contributed by atoms with Crippen LogP contribution in [0.25, 0.3) is 11.2 Å². The van der Waals surface area contributed by atoms with Gasteiger partial charge in [0.05, 0.1) is 12.9 Å². The lowest BCUT2D eigenvalue weighted by molar-refractivity contribution is 0.0935. The van der Waals surface area contributed by atoms with Crippen LogP contribution in [0.15, 0.2) is 52.6 Å². The Morgan fingerprint density at radius 2 is 1.97 bits per heavy atom. The second-order valence-electron chi connectivity index (χ2n) is 8.24. The van der Waals surface area contributed by atoms with Crippen molar-refractivity contribution in [2.24, 2.45) is 14.1 Å². The maximum Gasteiger partial charge on any atom is 0.332 e. The summed E-state index contributed by atoms with van der Waals surface area (Å²) >= 11 is 0. The first-order valence-electron chi connectivity index (χ1n) is 11.1. The van der Waals surface area contributed by atoms with Crippen molar-refractivity contribution < 1.29 is 9.84 Å². The van der Waals surface area contributed by atoms with Crippen LogP contribution in [0.1, 0.15) is 12.0 Å². The number of fused-ring (bicyclic) bond motifs is 1. The zero-order chi connectivity index (χ0) is 24.2. The molecule has 0 fully saturated rings. The quantitative estimate of drug-likeness (QED) is 0.332. The Morgan fingerprint density at radius 3 is 2.71 bits per heavy atom. The van der Waals surface area contributed by atoms with Gasteiger partial charge in [-0.15, -0.1) is 0 Å². The molecule has 0 aliphatic heterocycles. The highest BCUT2D eigenvalue weighted by atomic mass is 16.5. The molecule has 0 saturated heterocycles. The first-order chi connectivity index (χ1) is 16.4. The van der Waals surface area contributed by atoms with Crippen LogP contribution in [0.4, 0.5) is 5.95 Å². The maximum atomic E-state index is 13.0. The summed E-state index contributed by atoms with van der Waals surface area (Å²) in [6.07, 6.45) is 5.24. The van der Waals surface area contributed by atoms with Crippen molar-refractivity contribution in [1.29, 1.82) is 0 Å². The topological polar surface area (TPSA) is 121 Å². The molecule has 34 heavy (non-hydrogen) atoms. The van der Waals surface area contributed by atoms with Gasteiger partial charge in [-0.05, 0) is 25.0 Å². The number of aryl methyl sites for hydroxylation is 3. The largest absolute Gasteiger partial charge is 0.491 e. The summed E-state index contributed by atoms with van der Waals surface area (Å²) in [5.41, 5.74) is 0.544. The van der Waals surface area contributed by atoms with Crippen LogP contribution >= 0.6 is 0 Å². The van der Waals surface area contributed by atoms with E-state index in [1.165, 1.54) is 11.6 Å². The summed E-state index contributed by atoms with van der Waals surface area (Å²) in [6, 6.07) is 7.56. The van der Waals surface area contributed by atoms with Crippen molar-refractivity contribution in [2.75, 3.05) is 18.5 Å². The third-order valence-corrected chi connectivity index (χ3v) is 5.70. The van der Waals surface area contributed by atoms with E-state index in [1.54, 1.807) is 24.1 Å². The van der Waals surface area contributed by atoms with E-state index in [-0.39, 0.29) is 24.3 Å². The molecule has 1 atom stereocenters. The SMILES string of the molecule is Cc1ccccc1OC[C@H](O)Cn1c(NCCCn2ccnc2)nc2c1c(=O)n(C)c(=O)n2C. The van der Waals surface area contributed by atoms with E-state index in [0.29, 0.717) is 18.2 Å². The fraction of sp³-hybridized carbons (Fsp3) is 0.391. The van der Waals surface area contributed by atoms with Crippen LogP contribution < -0.4 is 21.3 Å². The van der Waals surface area contributed by atoms with Gasteiger partial charge < -0.3 is 24.3 Å². The number of nitrogens with one attached hydrogen (secondary N) is 1. The van der Waals surface area contributed by atoms with Gasteiger partial charge in [-0.2, -0.15) is 4.98 Å². The van der Waals surface area contributed by atoms with Gasteiger partial charge in [0.1, 0.15) is 18.5 Å². The molecule has 11 heteroatoms. The molecule has 4 rings (SSSR count). The Hall–Kier alpha value is -3.86. The van der Waals surface area contributed by atoms with Gasteiger partial charge in [0.15, 0.2) is 11.2 Å². The molecular formula is C23H29N7O4. The third-order valence-electron chi connectivity index (χ3n) is 5.70. The van der Waals surface area contributed by atoms with Gasteiger partial charge in [-0.1, -0.05) is 18.2 Å². The number of aliphatic hydroxyl groups is 1. The third kappa shape index (κ3) is 4.74. The zero-order valence-corrected chi connectivity index (χ0v) is 19.5. The second kappa shape index (κ2) is 9.96. The lowest BCUT2D eigenvalue weighted by atomic mass is 10.2. The molecule has 0 spiro atoms. The number of imidazole rings is 2. The summed E-state index contributed by atoms with van der Waals surface area (Å²) < 4.78 is 11.8. The van der Waals surface area contributed by atoms with E-state index in [1.807, 2.05) is 42.0 Å². The first-order valence-corrected chi connectivity index (χ1v) is 11.1. The molecule has 11 nitrogen and oxygen atoms in total. The number of para-hydroxylation sites is 1. The van der Waals surface area contributed by atoms with Crippen LogP contribution in [0.5, 0.6) is 5.75 Å². The fourth-order valence-corrected chi connectivity index (χ4v) is 3.81. The zero-order valence-electron chi connectivity index (χ0n) is 19.5. The van der Waals surface area contributed by atoms with Gasteiger partial charge in [0, 0.05) is 39.6 Å². The monoisotopic (exact) mass is 467 g/mol. The molecular weight excluding hydrogens is 438 g/mol. The van der Waals surface area contributed by atoms with Crippen LogP contribution in [0, 0.1) is 6.92 Å². The van der Waals surface area contributed by atoms with E-state index in [4.69, 9.17) is 4.74 Å². The molecule has 3 aromatic heterocycles. The number of aliphatic hydroxyl groups excluding tert-OH is 1. The lowest BCUT2D eigenvalue weighted by Crippen LogP contribution is -2.38. The number of hydrogen-bond acceptors (Lipinski definition) is 7. The molecule has 0 aliphatic rings. The van der Waals surface area contributed by atoms with Crippen molar-refractivity contribution >= 4 is 17.1 Å². The molecule has 4 aromatic rings. The molecule has 0 bridgehead atoms. The van der Waals surface area contributed by atoms with Crippen molar-refractivity contribution in [1.82, 2.24) is 28.2 Å². The Kier molecular flexibility index (Phi) is 6.82. The highest BCUT2D eigenvalue weighted by Gasteiger charge is 2.21. The minimum Gasteiger partial charge on any atom is -0.491 e. The van der Waals surface area contributed by atoms with Crippen LogP contribution in [-0.2, 0) is 27.2 Å². The number of hydrogen-bond donors (Lipinski definition) is 2. The van der Waals surface area contributed by atoms with Crippen LogP contribution in [0.3, 0.4) is 0 Å². The lowest BCUT2D eigenvalue weighted by Gasteiger charge is -2.17. The smallest absolute Gasteiger partial charge is 0.332 e. The molecule has 0 amide bonds. The highest BCUT2D eigenvalue weighted by molar-refractivity contribution is 5.74. The van der Waals surface area contributed by atoms with E-state index >= 15 is 0 Å². The van der Waals surface area contributed by atoms with Gasteiger partial charge in [0.2, 0.25) is 5.95 Å². The van der Waals surface area contributed by atoms with Crippen LogP contribution in [-0.4, -0.2) is 52.6 Å². The summed E-state index contributed by atoms with van der Waals surface area (Å²) in [4.78, 5) is 33.9. The van der Waals surface area contributed by atoms with Gasteiger partial charge >= 0.3 is 5.69 Å². The minimum atomic E-state index is -0.912. The predicted molar refractivity (Wildman–Crippen MR) is 128 cm³/mol. The fourth-order valence-electron chi connectivity index (χ4n) is 3.81. The maximum absolute atomic E-state index is 13.0. The second-order valence-corrected chi connectivity index (χ2v) is 8.24. The molecule has 0 aliphatic carbocycles. The van der Waals surface area contributed by atoms with Gasteiger partial charge in [-0.3, -0.25) is 13.9 Å². The number of ether oxygens (including phenoxy) is 1. The Bertz CT molecular complexity index is 1390. The Labute approximate surface area is 195 Å². The average Bonchev–Trinajstić information content (AvgIpc) is 3.47. The summed E-state index contributed by atoms with van der Waals surface area (Å²) in [6.45, 7) is 3.38. The number of aromatic nitrogens is 6. The molecule has 0 unspecified atom stereocenters. The Balaban J connectivity index is 1.58. The van der Waals surface area contributed by atoms with Gasteiger partial charge in [-0.25, -0.2) is 9.78 Å². The molecule has 0 radical (unpaired) electrons. The highest BCUT2D eigenvalue weighted by Crippen LogP contribution is 2.19. The molecule has 180 valence electrons. The van der Waals surface area contributed by atoms with E-state index < -0.39 is 17.4 Å². The van der Waals surface area contributed by atoms with Crippen LogP contribution in [0.2, 0.25) is 0 Å². The number of benzene rings is 1. The molecule has 0 saturated carbocycles. The summed E-state index contributed by atoms with van der Waals surface area (Å²) in [7, 11) is 3.00. The van der Waals surface area contributed by atoms with E-state index in [2.05, 4.69) is 15.3 Å². The molecule has 3 heterocycles. The van der Waals surface area contributed by atoms with Crippen molar-refractivity contribution in [3.8, 4) is 5.75 Å². The average molecular weight is 468 g/mol. The minimum absolute atomic E-state index is 0.0384.